The molecule has 2 aromatic carbocycles. The SMILES string of the molecule is CC(Br)C(=O)N(c1ccccc1)c1ccccc1.Cl. The highest BCUT2D eigenvalue weighted by Gasteiger charge is 2.21. The zero-order chi connectivity index (χ0) is 13.0. The van der Waals surface area contributed by atoms with Gasteiger partial charge in [-0.2, -0.15) is 0 Å². The van der Waals surface area contributed by atoms with E-state index in [0.717, 1.165) is 11.4 Å². The van der Waals surface area contributed by atoms with E-state index in [4.69, 9.17) is 0 Å². The molecular formula is C15H15BrClNO. The van der Waals surface area contributed by atoms with Gasteiger partial charge in [0.15, 0.2) is 0 Å². The van der Waals surface area contributed by atoms with E-state index < -0.39 is 0 Å². The number of hydrogen-bond acceptors (Lipinski definition) is 1. The summed E-state index contributed by atoms with van der Waals surface area (Å²) in [4.78, 5) is 13.8. The maximum absolute atomic E-state index is 12.3. The lowest BCUT2D eigenvalue weighted by Crippen LogP contribution is -2.31. The van der Waals surface area contributed by atoms with Gasteiger partial charge in [0.25, 0.3) is 0 Å². The summed E-state index contributed by atoms with van der Waals surface area (Å²) >= 11 is 3.34. The Kier molecular flexibility index (Phi) is 6.06. The summed E-state index contributed by atoms with van der Waals surface area (Å²) in [5.74, 6) is 0.0207. The molecule has 0 saturated heterocycles. The molecule has 0 N–H and O–H groups in total. The second kappa shape index (κ2) is 7.31. The van der Waals surface area contributed by atoms with Crippen molar-refractivity contribution in [1.29, 1.82) is 0 Å². The van der Waals surface area contributed by atoms with Crippen molar-refractivity contribution in [3.05, 3.63) is 60.7 Å². The van der Waals surface area contributed by atoms with Gasteiger partial charge in [-0.05, 0) is 31.2 Å². The van der Waals surface area contributed by atoms with E-state index in [0.29, 0.717) is 0 Å². The summed E-state index contributed by atoms with van der Waals surface area (Å²) < 4.78 is 0. The molecule has 2 nitrogen and oxygen atoms in total. The molecule has 0 aliphatic rings. The van der Waals surface area contributed by atoms with Crippen LogP contribution in [0.3, 0.4) is 0 Å². The van der Waals surface area contributed by atoms with E-state index >= 15 is 0 Å². The van der Waals surface area contributed by atoms with Crippen molar-refractivity contribution >= 4 is 45.6 Å². The lowest BCUT2D eigenvalue weighted by atomic mass is 10.2. The molecule has 0 aromatic heterocycles. The van der Waals surface area contributed by atoms with Crippen molar-refractivity contribution in [2.24, 2.45) is 0 Å². The molecule has 0 heterocycles. The zero-order valence-electron chi connectivity index (χ0n) is 10.5. The van der Waals surface area contributed by atoms with Crippen LogP contribution in [0.25, 0.3) is 0 Å². The molecule has 0 fully saturated rings. The second-order valence-corrected chi connectivity index (χ2v) is 5.33. The maximum Gasteiger partial charge on any atom is 0.245 e. The number of carbonyl (C=O) groups excluding carboxylic acids is 1. The Morgan fingerprint density at radius 2 is 1.32 bits per heavy atom. The molecule has 0 saturated carbocycles. The van der Waals surface area contributed by atoms with Gasteiger partial charge < -0.3 is 0 Å². The van der Waals surface area contributed by atoms with Crippen LogP contribution in [-0.4, -0.2) is 10.7 Å². The molecule has 100 valence electrons. The molecule has 0 aliphatic carbocycles. The number of rotatable bonds is 3. The third-order valence-corrected chi connectivity index (χ3v) is 2.98. The van der Waals surface area contributed by atoms with Gasteiger partial charge in [-0.25, -0.2) is 0 Å². The normalized spacial score (nSPS) is 11.3. The Morgan fingerprint density at radius 3 is 1.63 bits per heavy atom. The lowest BCUT2D eigenvalue weighted by molar-refractivity contribution is -0.117. The quantitative estimate of drug-likeness (QED) is 0.750. The van der Waals surface area contributed by atoms with Crippen LogP contribution in [0.4, 0.5) is 11.4 Å². The first-order valence-electron chi connectivity index (χ1n) is 5.78. The number of benzene rings is 2. The summed E-state index contributed by atoms with van der Waals surface area (Å²) in [6.45, 7) is 1.83. The lowest BCUT2D eigenvalue weighted by Gasteiger charge is -2.24. The highest BCUT2D eigenvalue weighted by molar-refractivity contribution is 9.10. The Bertz CT molecular complexity index is 477. The molecule has 0 radical (unpaired) electrons. The van der Waals surface area contributed by atoms with Crippen molar-refractivity contribution in [3.8, 4) is 0 Å². The standard InChI is InChI=1S/C15H14BrNO.ClH/c1-12(16)15(18)17(13-8-4-2-5-9-13)14-10-6-3-7-11-14;/h2-12H,1H3;1H. The van der Waals surface area contributed by atoms with Gasteiger partial charge in [0, 0.05) is 11.4 Å². The van der Waals surface area contributed by atoms with Crippen molar-refractivity contribution < 1.29 is 4.79 Å². The highest BCUT2D eigenvalue weighted by atomic mass is 79.9. The molecule has 0 bridgehead atoms. The Labute approximate surface area is 128 Å². The minimum Gasteiger partial charge on any atom is -0.280 e. The molecule has 0 spiro atoms. The highest BCUT2D eigenvalue weighted by Crippen LogP contribution is 2.26. The summed E-state index contributed by atoms with van der Waals surface area (Å²) in [6, 6.07) is 19.3. The van der Waals surface area contributed by atoms with E-state index in [2.05, 4.69) is 15.9 Å². The van der Waals surface area contributed by atoms with E-state index in [1.165, 1.54) is 0 Å². The molecule has 1 unspecified atom stereocenters. The van der Waals surface area contributed by atoms with Crippen LogP contribution in [-0.2, 0) is 4.79 Å². The van der Waals surface area contributed by atoms with Crippen molar-refractivity contribution in [3.63, 3.8) is 0 Å². The Balaban J connectivity index is 0.00000180. The van der Waals surface area contributed by atoms with Crippen LogP contribution in [0.15, 0.2) is 60.7 Å². The minimum atomic E-state index is -0.224. The summed E-state index contributed by atoms with van der Waals surface area (Å²) in [7, 11) is 0. The fourth-order valence-electron chi connectivity index (χ4n) is 1.74. The molecule has 1 amide bonds. The van der Waals surface area contributed by atoms with Crippen LogP contribution in [0.1, 0.15) is 6.92 Å². The molecular weight excluding hydrogens is 326 g/mol. The van der Waals surface area contributed by atoms with Crippen molar-refractivity contribution in [1.82, 2.24) is 0 Å². The van der Waals surface area contributed by atoms with Gasteiger partial charge in [-0.1, -0.05) is 52.3 Å². The van der Waals surface area contributed by atoms with Crippen molar-refractivity contribution in [2.45, 2.75) is 11.8 Å². The van der Waals surface area contributed by atoms with Gasteiger partial charge in [0.1, 0.15) is 0 Å². The predicted molar refractivity (Wildman–Crippen MR) is 85.7 cm³/mol. The Morgan fingerprint density at radius 1 is 0.947 bits per heavy atom. The van der Waals surface area contributed by atoms with Crippen LogP contribution in [0, 0.1) is 0 Å². The van der Waals surface area contributed by atoms with E-state index in [9.17, 15) is 4.79 Å². The first-order valence-corrected chi connectivity index (χ1v) is 6.70. The number of para-hydroxylation sites is 2. The molecule has 19 heavy (non-hydrogen) atoms. The summed E-state index contributed by atoms with van der Waals surface area (Å²) in [5.41, 5.74) is 1.75. The van der Waals surface area contributed by atoms with Crippen molar-refractivity contribution in [2.75, 3.05) is 4.90 Å². The molecule has 4 heteroatoms. The first kappa shape index (κ1) is 15.7. The van der Waals surface area contributed by atoms with Crippen LogP contribution < -0.4 is 4.90 Å². The Hall–Kier alpha value is -1.32. The number of nitrogens with zero attached hydrogens (tertiary/aromatic N) is 1. The maximum atomic E-state index is 12.3. The molecule has 2 rings (SSSR count). The second-order valence-electron chi connectivity index (χ2n) is 3.96. The zero-order valence-corrected chi connectivity index (χ0v) is 12.9. The molecule has 2 aromatic rings. The van der Waals surface area contributed by atoms with E-state index in [-0.39, 0.29) is 23.1 Å². The van der Waals surface area contributed by atoms with Crippen LogP contribution in [0.5, 0.6) is 0 Å². The third kappa shape index (κ3) is 3.82. The van der Waals surface area contributed by atoms with Crippen LogP contribution >= 0.6 is 28.3 Å². The fraction of sp³-hybridized carbons (Fsp3) is 0.133. The van der Waals surface area contributed by atoms with E-state index in [1.807, 2.05) is 67.6 Å². The van der Waals surface area contributed by atoms with Crippen LogP contribution in [0.2, 0.25) is 0 Å². The number of amides is 1. The minimum absolute atomic E-state index is 0. The van der Waals surface area contributed by atoms with E-state index in [1.54, 1.807) is 4.90 Å². The van der Waals surface area contributed by atoms with Gasteiger partial charge in [0.05, 0.1) is 4.83 Å². The smallest absolute Gasteiger partial charge is 0.245 e. The number of hydrogen-bond donors (Lipinski definition) is 0. The number of carbonyl (C=O) groups is 1. The number of anilines is 2. The van der Waals surface area contributed by atoms with Gasteiger partial charge >= 0.3 is 0 Å². The average Bonchev–Trinajstić information content (AvgIpc) is 2.41. The summed E-state index contributed by atoms with van der Waals surface area (Å²) in [5, 5.41) is 0. The summed E-state index contributed by atoms with van der Waals surface area (Å²) in [6.07, 6.45) is 0. The molecule has 0 aliphatic heterocycles. The molecule has 1 atom stereocenters. The fourth-order valence-corrected chi connectivity index (χ4v) is 1.94. The number of halogens is 2. The largest absolute Gasteiger partial charge is 0.280 e. The average molecular weight is 341 g/mol. The topological polar surface area (TPSA) is 20.3 Å². The predicted octanol–water partition coefficient (Wildman–Crippen LogP) is 4.56. The van der Waals surface area contributed by atoms with Gasteiger partial charge in [0.2, 0.25) is 5.91 Å². The number of alkyl halides is 1. The third-order valence-electron chi connectivity index (χ3n) is 2.59. The van der Waals surface area contributed by atoms with Gasteiger partial charge in [-0.3, -0.25) is 9.69 Å². The van der Waals surface area contributed by atoms with Gasteiger partial charge in [-0.15, -0.1) is 12.4 Å². The first-order chi connectivity index (χ1) is 8.70. The monoisotopic (exact) mass is 339 g/mol.